The Labute approximate surface area is 221 Å². The van der Waals surface area contributed by atoms with Gasteiger partial charge in [-0.3, -0.25) is 9.78 Å². The van der Waals surface area contributed by atoms with Crippen LogP contribution in [-0.4, -0.2) is 25.5 Å². The molecule has 7 rings (SSSR count). The summed E-state index contributed by atoms with van der Waals surface area (Å²) in [6, 6.07) is 14.8. The van der Waals surface area contributed by atoms with E-state index in [4.69, 9.17) is 14.5 Å². The molecule has 5 aromatic rings. The summed E-state index contributed by atoms with van der Waals surface area (Å²) in [6.07, 6.45) is 12.4. The zero-order valence-corrected chi connectivity index (χ0v) is 21.8. The van der Waals surface area contributed by atoms with Gasteiger partial charge in [-0.15, -0.1) is 0 Å². The van der Waals surface area contributed by atoms with Gasteiger partial charge >= 0.3 is 0 Å². The monoisotopic (exact) mass is 502 g/mol. The Morgan fingerprint density at radius 1 is 0.974 bits per heavy atom. The highest BCUT2D eigenvalue weighted by molar-refractivity contribution is 6.02. The molecular formula is C32H30N4O2. The molecule has 38 heavy (non-hydrogen) atoms. The van der Waals surface area contributed by atoms with Gasteiger partial charge in [-0.05, 0) is 68.4 Å². The van der Waals surface area contributed by atoms with Crippen molar-refractivity contribution >= 4 is 16.8 Å². The van der Waals surface area contributed by atoms with E-state index in [0.717, 1.165) is 68.0 Å². The number of carbonyl (C=O) groups excluding carboxylic acids is 1. The molecule has 4 aromatic heterocycles. The lowest BCUT2D eigenvalue weighted by Gasteiger charge is -2.25. The smallest absolute Gasteiger partial charge is 0.163 e. The SMILES string of the molecule is Cc1noc(C)c1-c1cnc2c(c1)c(-c1ccc3c(c1)CCC3=O)cn2C(c1ccccn1)C1CCCC1. The quantitative estimate of drug-likeness (QED) is 0.252. The van der Waals surface area contributed by atoms with Gasteiger partial charge in [0.25, 0.3) is 0 Å². The fourth-order valence-electron chi connectivity index (χ4n) is 6.66. The van der Waals surface area contributed by atoms with Gasteiger partial charge in [-0.2, -0.15) is 0 Å². The molecule has 2 aliphatic rings. The van der Waals surface area contributed by atoms with Crippen molar-refractivity contribution < 1.29 is 9.32 Å². The number of rotatable bonds is 5. The van der Waals surface area contributed by atoms with Crippen LogP contribution in [-0.2, 0) is 6.42 Å². The Kier molecular flexibility index (Phi) is 5.50. The maximum absolute atomic E-state index is 12.3. The van der Waals surface area contributed by atoms with Crippen LogP contribution in [0.5, 0.6) is 0 Å². The van der Waals surface area contributed by atoms with E-state index in [1.54, 1.807) is 0 Å². The predicted molar refractivity (Wildman–Crippen MR) is 147 cm³/mol. The molecule has 190 valence electrons. The second-order valence-corrected chi connectivity index (χ2v) is 10.8. The van der Waals surface area contributed by atoms with Crippen molar-refractivity contribution in [3.63, 3.8) is 0 Å². The minimum absolute atomic E-state index is 0.114. The van der Waals surface area contributed by atoms with E-state index in [1.807, 2.05) is 38.4 Å². The molecule has 0 N–H and O–H groups in total. The van der Waals surface area contributed by atoms with Gasteiger partial charge in [0.2, 0.25) is 0 Å². The lowest BCUT2D eigenvalue weighted by atomic mass is 9.94. The largest absolute Gasteiger partial charge is 0.361 e. The number of hydrogen-bond donors (Lipinski definition) is 0. The number of fused-ring (bicyclic) bond motifs is 2. The van der Waals surface area contributed by atoms with Crippen LogP contribution in [0.2, 0.25) is 0 Å². The highest BCUT2D eigenvalue weighted by Crippen LogP contribution is 2.43. The molecule has 6 heteroatoms. The van der Waals surface area contributed by atoms with E-state index in [2.05, 4.69) is 46.3 Å². The van der Waals surface area contributed by atoms with Crippen molar-refractivity contribution in [1.82, 2.24) is 19.7 Å². The summed E-state index contributed by atoms with van der Waals surface area (Å²) in [5, 5.41) is 5.27. The third-order valence-electron chi connectivity index (χ3n) is 8.47. The summed E-state index contributed by atoms with van der Waals surface area (Å²) in [5.41, 5.74) is 9.14. The highest BCUT2D eigenvalue weighted by atomic mass is 16.5. The standard InChI is InChI=1S/C32H30N4O2/c1-19-30(20(2)38-35-19)24-16-26-27(23-10-12-25-22(15-23)11-13-29(25)37)18-36(32(26)34-17-24)31(21-7-3-4-8-21)28-9-5-6-14-33-28/h5-6,9-10,12,14-18,21,31H,3-4,7-8,11,13H2,1-2H3. The van der Waals surface area contributed by atoms with E-state index in [-0.39, 0.29) is 11.8 Å². The predicted octanol–water partition coefficient (Wildman–Crippen LogP) is 7.28. The number of carbonyl (C=O) groups is 1. The van der Waals surface area contributed by atoms with Crippen LogP contribution in [0.1, 0.15) is 71.2 Å². The van der Waals surface area contributed by atoms with E-state index in [1.165, 1.54) is 25.7 Å². The summed E-state index contributed by atoms with van der Waals surface area (Å²) in [6.45, 7) is 3.91. The van der Waals surface area contributed by atoms with E-state index in [9.17, 15) is 4.79 Å². The molecule has 0 spiro atoms. The first-order valence-electron chi connectivity index (χ1n) is 13.6. The molecule has 0 radical (unpaired) electrons. The number of benzene rings is 1. The summed E-state index contributed by atoms with van der Waals surface area (Å²) in [7, 11) is 0. The van der Waals surface area contributed by atoms with Gasteiger partial charge in [-0.25, -0.2) is 4.98 Å². The lowest BCUT2D eigenvalue weighted by Crippen LogP contribution is -2.19. The van der Waals surface area contributed by atoms with Crippen LogP contribution in [0.25, 0.3) is 33.3 Å². The normalized spacial score (nSPS) is 16.4. The molecule has 0 amide bonds. The average molecular weight is 503 g/mol. The summed E-state index contributed by atoms with van der Waals surface area (Å²) >= 11 is 0. The number of Topliss-reactive ketones (excluding diaryl/α,β-unsaturated/α-hetero) is 1. The number of aryl methyl sites for hydroxylation is 3. The van der Waals surface area contributed by atoms with Crippen LogP contribution < -0.4 is 0 Å². The van der Waals surface area contributed by atoms with Crippen LogP contribution in [0, 0.1) is 19.8 Å². The third-order valence-corrected chi connectivity index (χ3v) is 8.47. The van der Waals surface area contributed by atoms with Gasteiger partial charge in [-0.1, -0.05) is 42.3 Å². The molecule has 6 nitrogen and oxygen atoms in total. The zero-order valence-electron chi connectivity index (χ0n) is 21.8. The van der Waals surface area contributed by atoms with Gasteiger partial charge in [0, 0.05) is 52.7 Å². The Hall–Kier alpha value is -4.06. The second kappa shape index (κ2) is 9.05. The lowest BCUT2D eigenvalue weighted by molar-refractivity contribution is 0.0994. The maximum atomic E-state index is 12.3. The number of ketones is 1. The number of aromatic nitrogens is 4. The molecule has 1 atom stereocenters. The van der Waals surface area contributed by atoms with Crippen molar-refractivity contribution in [1.29, 1.82) is 0 Å². The van der Waals surface area contributed by atoms with Gasteiger partial charge in [0.05, 0.1) is 17.4 Å². The molecule has 0 aliphatic heterocycles. The summed E-state index contributed by atoms with van der Waals surface area (Å²) in [5.74, 6) is 1.54. The average Bonchev–Trinajstić information content (AvgIpc) is 3.73. The Morgan fingerprint density at radius 3 is 2.61 bits per heavy atom. The third kappa shape index (κ3) is 3.70. The molecule has 1 unspecified atom stereocenters. The van der Waals surface area contributed by atoms with Crippen molar-refractivity contribution in [2.75, 3.05) is 0 Å². The molecule has 1 fully saturated rings. The molecule has 1 aromatic carbocycles. The van der Waals surface area contributed by atoms with E-state index < -0.39 is 0 Å². The summed E-state index contributed by atoms with van der Waals surface area (Å²) in [4.78, 5) is 22.2. The first kappa shape index (κ1) is 23.1. The Morgan fingerprint density at radius 2 is 1.84 bits per heavy atom. The number of pyridine rings is 2. The minimum Gasteiger partial charge on any atom is -0.361 e. The topological polar surface area (TPSA) is 73.8 Å². The second-order valence-electron chi connectivity index (χ2n) is 10.8. The van der Waals surface area contributed by atoms with Gasteiger partial charge in [0.1, 0.15) is 11.4 Å². The maximum Gasteiger partial charge on any atom is 0.163 e. The van der Waals surface area contributed by atoms with Crippen LogP contribution >= 0.6 is 0 Å². The minimum atomic E-state index is 0.114. The number of hydrogen-bond acceptors (Lipinski definition) is 5. The van der Waals surface area contributed by atoms with E-state index >= 15 is 0 Å². The number of nitrogens with zero attached hydrogens (tertiary/aromatic N) is 4. The van der Waals surface area contributed by atoms with Crippen molar-refractivity contribution in [3.8, 4) is 22.3 Å². The van der Waals surface area contributed by atoms with Crippen molar-refractivity contribution in [2.24, 2.45) is 5.92 Å². The fourth-order valence-corrected chi connectivity index (χ4v) is 6.66. The van der Waals surface area contributed by atoms with Crippen LogP contribution in [0.3, 0.4) is 0 Å². The fraction of sp³-hybridized carbons (Fsp3) is 0.312. The van der Waals surface area contributed by atoms with Gasteiger partial charge in [0.15, 0.2) is 5.78 Å². The first-order chi connectivity index (χ1) is 18.6. The van der Waals surface area contributed by atoms with Gasteiger partial charge < -0.3 is 9.09 Å². The molecule has 0 bridgehead atoms. The Bertz CT molecular complexity index is 1660. The van der Waals surface area contributed by atoms with Crippen molar-refractivity contribution in [3.05, 3.63) is 89.3 Å². The first-order valence-corrected chi connectivity index (χ1v) is 13.6. The molecule has 0 saturated heterocycles. The van der Waals surface area contributed by atoms with Crippen LogP contribution in [0.15, 0.2) is 65.6 Å². The molecule has 2 aliphatic carbocycles. The zero-order chi connectivity index (χ0) is 25.8. The Balaban J connectivity index is 1.47. The van der Waals surface area contributed by atoms with Crippen LogP contribution in [0.4, 0.5) is 0 Å². The molecule has 1 saturated carbocycles. The highest BCUT2D eigenvalue weighted by Gasteiger charge is 2.31. The summed E-state index contributed by atoms with van der Waals surface area (Å²) < 4.78 is 7.84. The molecular weight excluding hydrogens is 472 g/mol. The van der Waals surface area contributed by atoms with E-state index in [0.29, 0.717) is 12.3 Å². The van der Waals surface area contributed by atoms with Crippen molar-refractivity contribution in [2.45, 2.75) is 58.4 Å². The molecule has 4 heterocycles.